The highest BCUT2D eigenvalue weighted by atomic mass is 16.3. The predicted molar refractivity (Wildman–Crippen MR) is 219 cm³/mol. The summed E-state index contributed by atoms with van der Waals surface area (Å²) >= 11 is 0. The average Bonchev–Trinajstić information content (AvgIpc) is 3.61. The monoisotopic (exact) mass is 667 g/mol. The molecule has 8 aromatic rings. The van der Waals surface area contributed by atoms with E-state index in [9.17, 15) is 0 Å². The molecule has 0 saturated carbocycles. The van der Waals surface area contributed by atoms with Crippen molar-refractivity contribution in [2.75, 3.05) is 4.90 Å². The number of allylic oxidation sites excluding steroid dienone is 5. The minimum absolute atomic E-state index is 0.379. The summed E-state index contributed by atoms with van der Waals surface area (Å²) in [4.78, 5) is 2.40. The lowest BCUT2D eigenvalue weighted by molar-refractivity contribution is 0.669. The molecule has 1 aromatic heterocycles. The summed E-state index contributed by atoms with van der Waals surface area (Å²) in [6.07, 6.45) is 12.8. The Balaban J connectivity index is 0.991. The van der Waals surface area contributed by atoms with Gasteiger partial charge >= 0.3 is 0 Å². The highest BCUT2D eigenvalue weighted by Gasteiger charge is 2.23. The smallest absolute Gasteiger partial charge is 0.136 e. The van der Waals surface area contributed by atoms with Crippen molar-refractivity contribution >= 4 is 49.7 Å². The van der Waals surface area contributed by atoms with Crippen LogP contribution in [0.4, 0.5) is 11.4 Å². The van der Waals surface area contributed by atoms with Crippen LogP contribution in [0, 0.1) is 5.92 Å². The van der Waals surface area contributed by atoms with Crippen LogP contribution in [0.2, 0.25) is 0 Å². The molecule has 7 aromatic carbocycles. The van der Waals surface area contributed by atoms with Crippen LogP contribution in [0.3, 0.4) is 0 Å². The van der Waals surface area contributed by atoms with Crippen LogP contribution in [0.1, 0.15) is 24.0 Å². The largest absolute Gasteiger partial charge is 0.456 e. The molecular weight excluding hydrogens is 631 g/mol. The fourth-order valence-corrected chi connectivity index (χ4v) is 8.29. The Bertz CT molecular complexity index is 2690. The van der Waals surface area contributed by atoms with Gasteiger partial charge in [-0.1, -0.05) is 133 Å². The van der Waals surface area contributed by atoms with Gasteiger partial charge in [-0.2, -0.15) is 0 Å². The number of rotatable bonds is 6. The van der Waals surface area contributed by atoms with Gasteiger partial charge in [-0.15, -0.1) is 0 Å². The number of para-hydroxylation sites is 1. The molecule has 2 nitrogen and oxygen atoms in total. The second kappa shape index (κ2) is 12.7. The molecule has 0 amide bonds. The lowest BCUT2D eigenvalue weighted by Crippen LogP contribution is -2.18. The summed E-state index contributed by atoms with van der Waals surface area (Å²) in [5.74, 6) is 0.379. The number of hydrogen-bond donors (Lipinski definition) is 0. The van der Waals surface area contributed by atoms with E-state index in [1.165, 1.54) is 60.8 Å². The molecule has 0 saturated heterocycles. The van der Waals surface area contributed by atoms with Gasteiger partial charge in [0, 0.05) is 33.8 Å². The quantitative estimate of drug-likeness (QED) is 0.175. The summed E-state index contributed by atoms with van der Waals surface area (Å²) in [6.45, 7) is 0. The predicted octanol–water partition coefficient (Wildman–Crippen LogP) is 13.7. The second-order valence-corrected chi connectivity index (χ2v) is 14.0. The van der Waals surface area contributed by atoms with Crippen molar-refractivity contribution in [1.29, 1.82) is 0 Å². The molecule has 1 heterocycles. The van der Waals surface area contributed by atoms with E-state index in [4.69, 9.17) is 4.42 Å². The highest BCUT2D eigenvalue weighted by Crippen LogP contribution is 2.41. The van der Waals surface area contributed by atoms with E-state index in [0.29, 0.717) is 5.92 Å². The molecule has 1 atom stereocenters. The van der Waals surface area contributed by atoms with Gasteiger partial charge in [-0.05, 0) is 118 Å². The highest BCUT2D eigenvalue weighted by molar-refractivity contribution is 6.19. The molecule has 0 spiro atoms. The minimum atomic E-state index is 0.379. The van der Waals surface area contributed by atoms with Crippen LogP contribution in [0.25, 0.3) is 60.5 Å². The Kier molecular flexibility index (Phi) is 7.46. The first-order valence-electron chi connectivity index (χ1n) is 18.3. The van der Waals surface area contributed by atoms with Crippen LogP contribution in [0.15, 0.2) is 192 Å². The number of nitrogens with zero attached hydrogens (tertiary/aromatic N) is 1. The van der Waals surface area contributed by atoms with E-state index in [-0.39, 0.29) is 0 Å². The van der Waals surface area contributed by atoms with Gasteiger partial charge in [0.2, 0.25) is 0 Å². The molecule has 2 aliphatic rings. The molecule has 0 bridgehead atoms. The number of fused-ring (bicyclic) bond motifs is 6. The van der Waals surface area contributed by atoms with Crippen LogP contribution in [-0.2, 0) is 6.42 Å². The first-order chi connectivity index (χ1) is 25.8. The van der Waals surface area contributed by atoms with Crippen LogP contribution < -0.4 is 4.90 Å². The first kappa shape index (κ1) is 30.4. The van der Waals surface area contributed by atoms with Crippen molar-refractivity contribution in [2.24, 2.45) is 5.92 Å². The van der Waals surface area contributed by atoms with Crippen molar-refractivity contribution in [3.63, 3.8) is 0 Å². The summed E-state index contributed by atoms with van der Waals surface area (Å²) in [7, 11) is 0. The third kappa shape index (κ3) is 5.36. The van der Waals surface area contributed by atoms with Crippen LogP contribution >= 0.6 is 0 Å². The maximum Gasteiger partial charge on any atom is 0.136 e. The zero-order valence-electron chi connectivity index (χ0n) is 28.9. The zero-order valence-corrected chi connectivity index (χ0v) is 28.9. The molecule has 0 aliphatic heterocycles. The summed E-state index contributed by atoms with van der Waals surface area (Å²) in [5, 5.41) is 4.77. The van der Waals surface area contributed by atoms with Gasteiger partial charge in [0.1, 0.15) is 11.2 Å². The Morgan fingerprint density at radius 1 is 0.538 bits per heavy atom. The molecule has 2 aliphatic carbocycles. The summed E-state index contributed by atoms with van der Waals surface area (Å²) in [6, 6.07) is 56.9. The van der Waals surface area contributed by atoms with E-state index in [2.05, 4.69) is 175 Å². The Labute approximate surface area is 304 Å². The van der Waals surface area contributed by atoms with Gasteiger partial charge in [0.15, 0.2) is 0 Å². The number of hydrogen-bond acceptors (Lipinski definition) is 2. The second-order valence-electron chi connectivity index (χ2n) is 14.0. The van der Waals surface area contributed by atoms with Crippen molar-refractivity contribution in [3.8, 4) is 22.3 Å². The summed E-state index contributed by atoms with van der Waals surface area (Å²) in [5.41, 5.74) is 14.5. The van der Waals surface area contributed by atoms with Gasteiger partial charge in [-0.3, -0.25) is 0 Å². The normalized spacial score (nSPS) is 15.4. The number of benzene rings is 7. The van der Waals surface area contributed by atoms with Crippen LogP contribution in [-0.4, -0.2) is 0 Å². The number of anilines is 2. The summed E-state index contributed by atoms with van der Waals surface area (Å²) < 4.78 is 6.16. The van der Waals surface area contributed by atoms with Crippen molar-refractivity contribution < 1.29 is 4.42 Å². The molecule has 0 fully saturated rings. The Morgan fingerprint density at radius 3 is 2.02 bits per heavy atom. The van der Waals surface area contributed by atoms with Crippen LogP contribution in [0.5, 0.6) is 0 Å². The zero-order chi connectivity index (χ0) is 34.4. The maximum atomic E-state index is 6.16. The standard InChI is InChI=1S/C50H37NO/c1-2-9-34(10-3-1)35-17-25-41(26-18-35)51(43-29-21-38(22-30-43)45-15-8-12-37-11-4-5-13-44(37)45)42-27-19-36(20-28-42)39-23-31-46-40(33-39)24-32-49-50(46)47-14-6-7-16-48(47)52-49/h1-7,9-11,13-21,23-33,38H,8,12,22H2. The Morgan fingerprint density at radius 2 is 1.23 bits per heavy atom. The molecule has 10 rings (SSSR count). The van der Waals surface area contributed by atoms with Crippen molar-refractivity contribution in [1.82, 2.24) is 0 Å². The molecular formula is C50H37NO. The Hall–Kier alpha value is -6.38. The van der Waals surface area contributed by atoms with Gasteiger partial charge in [-0.25, -0.2) is 0 Å². The lowest BCUT2D eigenvalue weighted by atomic mass is 9.81. The van der Waals surface area contributed by atoms with Gasteiger partial charge in [0.05, 0.1) is 0 Å². The van der Waals surface area contributed by atoms with E-state index < -0.39 is 0 Å². The molecule has 1 unspecified atom stereocenters. The van der Waals surface area contributed by atoms with Gasteiger partial charge in [0.25, 0.3) is 0 Å². The van der Waals surface area contributed by atoms with Crippen molar-refractivity contribution in [2.45, 2.75) is 19.3 Å². The first-order valence-corrected chi connectivity index (χ1v) is 18.3. The van der Waals surface area contributed by atoms with Gasteiger partial charge < -0.3 is 9.32 Å². The minimum Gasteiger partial charge on any atom is -0.456 e. The van der Waals surface area contributed by atoms with E-state index in [0.717, 1.165) is 47.2 Å². The average molecular weight is 668 g/mol. The van der Waals surface area contributed by atoms with E-state index in [1.807, 2.05) is 12.1 Å². The third-order valence-electron chi connectivity index (χ3n) is 10.9. The molecule has 2 heteroatoms. The third-order valence-corrected chi connectivity index (χ3v) is 10.9. The molecule has 52 heavy (non-hydrogen) atoms. The number of aryl methyl sites for hydroxylation is 1. The number of furan rings is 1. The lowest BCUT2D eigenvalue weighted by Gasteiger charge is -2.30. The SMILES string of the molecule is C1=CC(C2=CCCc3ccccc32)CC=C1N(c1ccc(-c2ccccc2)cc1)c1ccc(-c2ccc3c(ccc4oc5ccccc5c43)c2)cc1. The fraction of sp³-hybridized carbons (Fsp3) is 0.0800. The molecule has 0 N–H and O–H groups in total. The molecule has 248 valence electrons. The van der Waals surface area contributed by atoms with E-state index >= 15 is 0 Å². The maximum absolute atomic E-state index is 6.16. The van der Waals surface area contributed by atoms with Crippen molar-refractivity contribution in [3.05, 3.63) is 199 Å². The topological polar surface area (TPSA) is 16.4 Å². The fourth-order valence-electron chi connectivity index (χ4n) is 8.29. The van der Waals surface area contributed by atoms with E-state index in [1.54, 1.807) is 0 Å². The molecule has 0 radical (unpaired) electrons.